The fourth-order valence-electron chi connectivity index (χ4n) is 1.48. The van der Waals surface area contributed by atoms with E-state index in [1.807, 2.05) is 27.7 Å². The normalized spacial score (nSPS) is 32.4. The molecule has 0 radical (unpaired) electrons. The van der Waals surface area contributed by atoms with Crippen LogP contribution in [0.5, 0.6) is 0 Å². The van der Waals surface area contributed by atoms with Crippen molar-refractivity contribution in [3.05, 3.63) is 0 Å². The maximum Gasteiger partial charge on any atom is 0.324 e. The Bertz CT molecular complexity index is 272. The van der Waals surface area contributed by atoms with E-state index in [1.54, 1.807) is 0 Å². The Morgan fingerprint density at radius 2 is 2.00 bits per heavy atom. The van der Waals surface area contributed by atoms with Crippen LogP contribution in [0.3, 0.4) is 0 Å². The molecule has 3 unspecified atom stereocenters. The zero-order valence-corrected chi connectivity index (χ0v) is 10.5. The van der Waals surface area contributed by atoms with Crippen LogP contribution in [-0.2, 0) is 20.3 Å². The van der Waals surface area contributed by atoms with Gasteiger partial charge in [0.25, 0.3) is 0 Å². The molecule has 0 saturated carbocycles. The van der Waals surface area contributed by atoms with Crippen molar-refractivity contribution in [3.63, 3.8) is 0 Å². The molecule has 0 aromatic carbocycles. The lowest BCUT2D eigenvalue weighted by Gasteiger charge is -2.29. The van der Waals surface area contributed by atoms with Gasteiger partial charge in [-0.25, -0.2) is 0 Å². The molecular formula is C10H19NO3S. The van der Waals surface area contributed by atoms with Crippen LogP contribution in [0.2, 0.25) is 0 Å². The second kappa shape index (κ2) is 4.61. The van der Waals surface area contributed by atoms with Gasteiger partial charge in [0.1, 0.15) is 11.6 Å². The van der Waals surface area contributed by atoms with E-state index in [-0.39, 0.29) is 12.0 Å². The first kappa shape index (κ1) is 12.6. The SMILES string of the molecule is CC1CS(=O)CC(C(=O)OC(C)(C)C)N1. The highest BCUT2D eigenvalue weighted by atomic mass is 32.2. The average Bonchev–Trinajstić information content (AvgIpc) is 1.98. The van der Waals surface area contributed by atoms with Crippen molar-refractivity contribution in [1.82, 2.24) is 5.32 Å². The van der Waals surface area contributed by atoms with E-state index in [9.17, 15) is 9.00 Å². The van der Waals surface area contributed by atoms with Crippen LogP contribution in [0.15, 0.2) is 0 Å². The summed E-state index contributed by atoms with van der Waals surface area (Å²) < 4.78 is 16.7. The van der Waals surface area contributed by atoms with Gasteiger partial charge in [0.15, 0.2) is 0 Å². The number of esters is 1. The van der Waals surface area contributed by atoms with Gasteiger partial charge in [-0.1, -0.05) is 0 Å². The predicted octanol–water partition coefficient (Wildman–Crippen LogP) is 0.437. The number of nitrogens with one attached hydrogen (secondary N) is 1. The van der Waals surface area contributed by atoms with Crippen LogP contribution in [0.1, 0.15) is 27.7 Å². The minimum absolute atomic E-state index is 0.108. The van der Waals surface area contributed by atoms with E-state index >= 15 is 0 Å². The Balaban J connectivity index is 2.56. The van der Waals surface area contributed by atoms with Gasteiger partial charge in [-0.05, 0) is 27.7 Å². The van der Waals surface area contributed by atoms with E-state index in [1.165, 1.54) is 0 Å². The molecule has 0 amide bonds. The van der Waals surface area contributed by atoms with E-state index in [0.717, 1.165) is 0 Å². The zero-order chi connectivity index (χ0) is 11.6. The predicted molar refractivity (Wildman–Crippen MR) is 60.1 cm³/mol. The van der Waals surface area contributed by atoms with Gasteiger partial charge in [-0.2, -0.15) is 0 Å². The van der Waals surface area contributed by atoms with Gasteiger partial charge in [-0.3, -0.25) is 9.00 Å². The molecule has 1 fully saturated rings. The molecule has 88 valence electrons. The molecule has 0 spiro atoms. The lowest BCUT2D eigenvalue weighted by Crippen LogP contribution is -2.53. The second-order valence-electron chi connectivity index (χ2n) is 4.93. The van der Waals surface area contributed by atoms with Gasteiger partial charge in [0.05, 0.1) is 0 Å². The third-order valence-corrected chi connectivity index (χ3v) is 3.54. The van der Waals surface area contributed by atoms with Crippen LogP contribution in [0.25, 0.3) is 0 Å². The molecule has 1 heterocycles. The van der Waals surface area contributed by atoms with E-state index in [4.69, 9.17) is 4.74 Å². The number of ether oxygens (including phenoxy) is 1. The van der Waals surface area contributed by atoms with Crippen LogP contribution >= 0.6 is 0 Å². The van der Waals surface area contributed by atoms with Crippen LogP contribution < -0.4 is 5.32 Å². The van der Waals surface area contributed by atoms with Crippen LogP contribution in [-0.4, -0.2) is 39.4 Å². The minimum Gasteiger partial charge on any atom is -0.459 e. The Kier molecular flexibility index (Phi) is 3.89. The van der Waals surface area contributed by atoms with Crippen molar-refractivity contribution in [2.24, 2.45) is 0 Å². The highest BCUT2D eigenvalue weighted by Crippen LogP contribution is 2.11. The monoisotopic (exact) mass is 233 g/mol. The first-order valence-corrected chi connectivity index (χ1v) is 6.60. The average molecular weight is 233 g/mol. The summed E-state index contributed by atoms with van der Waals surface area (Å²) in [6.45, 7) is 7.41. The Morgan fingerprint density at radius 3 is 2.47 bits per heavy atom. The van der Waals surface area contributed by atoms with Gasteiger partial charge in [-0.15, -0.1) is 0 Å². The highest BCUT2D eigenvalue weighted by molar-refractivity contribution is 7.85. The summed E-state index contributed by atoms with van der Waals surface area (Å²) in [4.78, 5) is 11.7. The molecule has 1 aliphatic rings. The first-order valence-electron chi connectivity index (χ1n) is 5.12. The van der Waals surface area contributed by atoms with Crippen LogP contribution in [0.4, 0.5) is 0 Å². The molecule has 1 rings (SSSR count). The van der Waals surface area contributed by atoms with Gasteiger partial charge < -0.3 is 10.1 Å². The topological polar surface area (TPSA) is 55.4 Å². The second-order valence-corrected chi connectivity index (χ2v) is 6.47. The number of carbonyl (C=O) groups is 1. The summed E-state index contributed by atoms with van der Waals surface area (Å²) in [5, 5.41) is 3.10. The van der Waals surface area contributed by atoms with Crippen molar-refractivity contribution in [3.8, 4) is 0 Å². The summed E-state index contributed by atoms with van der Waals surface area (Å²) in [6.07, 6.45) is 0. The van der Waals surface area contributed by atoms with Gasteiger partial charge >= 0.3 is 5.97 Å². The largest absolute Gasteiger partial charge is 0.459 e. The molecule has 5 heteroatoms. The maximum absolute atomic E-state index is 11.7. The fourth-order valence-corrected chi connectivity index (χ4v) is 2.88. The Labute approximate surface area is 93.2 Å². The van der Waals surface area contributed by atoms with Gasteiger partial charge in [0.2, 0.25) is 0 Å². The molecule has 1 saturated heterocycles. The van der Waals surface area contributed by atoms with Crippen molar-refractivity contribution in [1.29, 1.82) is 0 Å². The van der Waals surface area contributed by atoms with E-state index in [0.29, 0.717) is 11.5 Å². The Morgan fingerprint density at radius 1 is 1.40 bits per heavy atom. The third kappa shape index (κ3) is 4.30. The summed E-state index contributed by atoms with van der Waals surface area (Å²) in [6, 6.07) is -0.314. The number of hydrogen-bond acceptors (Lipinski definition) is 4. The number of rotatable bonds is 1. The minimum atomic E-state index is -0.913. The van der Waals surface area contributed by atoms with E-state index in [2.05, 4.69) is 5.32 Å². The van der Waals surface area contributed by atoms with E-state index < -0.39 is 22.4 Å². The zero-order valence-electron chi connectivity index (χ0n) is 9.70. The summed E-state index contributed by atoms with van der Waals surface area (Å²) in [5.41, 5.74) is -0.485. The molecular weight excluding hydrogens is 214 g/mol. The third-order valence-electron chi connectivity index (χ3n) is 1.97. The van der Waals surface area contributed by atoms with Crippen molar-refractivity contribution < 1.29 is 13.7 Å². The fraction of sp³-hybridized carbons (Fsp3) is 0.900. The van der Waals surface area contributed by atoms with Crippen LogP contribution in [0, 0.1) is 0 Å². The molecule has 3 atom stereocenters. The molecule has 0 aromatic heterocycles. The van der Waals surface area contributed by atoms with Crippen molar-refractivity contribution in [2.45, 2.75) is 45.4 Å². The number of carbonyl (C=O) groups excluding carboxylic acids is 1. The Hall–Kier alpha value is -0.420. The maximum atomic E-state index is 11.7. The number of hydrogen-bond donors (Lipinski definition) is 1. The molecule has 0 aliphatic carbocycles. The first-order chi connectivity index (χ1) is 6.78. The summed E-state index contributed by atoms with van der Waals surface area (Å²) in [5.74, 6) is 0.667. The molecule has 1 N–H and O–H groups in total. The molecule has 4 nitrogen and oxygen atoms in total. The highest BCUT2D eigenvalue weighted by Gasteiger charge is 2.31. The molecule has 0 bridgehead atoms. The summed E-state index contributed by atoms with van der Waals surface area (Å²) >= 11 is 0. The van der Waals surface area contributed by atoms with Gasteiger partial charge in [0, 0.05) is 28.3 Å². The smallest absolute Gasteiger partial charge is 0.324 e. The lowest BCUT2D eigenvalue weighted by molar-refractivity contribution is -0.157. The van der Waals surface area contributed by atoms with Crippen molar-refractivity contribution in [2.75, 3.05) is 11.5 Å². The van der Waals surface area contributed by atoms with Crippen molar-refractivity contribution >= 4 is 16.8 Å². The molecule has 0 aromatic rings. The summed E-state index contributed by atoms with van der Waals surface area (Å²) in [7, 11) is -0.913. The molecule has 15 heavy (non-hydrogen) atoms. The standard InChI is InChI=1S/C10H19NO3S/c1-7-5-15(13)6-8(11-7)9(12)14-10(2,3)4/h7-8,11H,5-6H2,1-4H3. The quantitative estimate of drug-likeness (QED) is 0.668. The lowest BCUT2D eigenvalue weighted by atomic mass is 10.2. The molecule has 1 aliphatic heterocycles.